The van der Waals surface area contributed by atoms with Crippen LogP contribution in [-0.2, 0) is 0 Å². The van der Waals surface area contributed by atoms with Gasteiger partial charge in [0.1, 0.15) is 17.2 Å². The Morgan fingerprint density at radius 3 is 2.73 bits per heavy atom. The van der Waals surface area contributed by atoms with Crippen molar-refractivity contribution in [1.82, 2.24) is 10.2 Å². The number of aromatic nitrogens is 2. The SMILES string of the molecule is NC(=O)c1c(N=Cc2c(F)cccc2Cl)n[nH]c1Nc1cccc(Cl)c1. The van der Waals surface area contributed by atoms with Crippen LogP contribution in [0.2, 0.25) is 10.0 Å². The summed E-state index contributed by atoms with van der Waals surface area (Å²) >= 11 is 11.9. The quantitative estimate of drug-likeness (QED) is 0.560. The number of H-pyrrole nitrogens is 1. The van der Waals surface area contributed by atoms with E-state index in [0.29, 0.717) is 10.7 Å². The number of hydrogen-bond donors (Lipinski definition) is 3. The summed E-state index contributed by atoms with van der Waals surface area (Å²) in [7, 11) is 0. The Hall–Kier alpha value is -2.90. The molecule has 0 radical (unpaired) electrons. The maximum absolute atomic E-state index is 13.8. The maximum Gasteiger partial charge on any atom is 0.256 e. The number of primary amides is 1. The molecule has 1 heterocycles. The topological polar surface area (TPSA) is 96.2 Å². The molecule has 0 unspecified atom stereocenters. The summed E-state index contributed by atoms with van der Waals surface area (Å²) in [6.07, 6.45) is 1.18. The number of nitrogens with zero attached hydrogens (tertiary/aromatic N) is 2. The first-order chi connectivity index (χ1) is 12.5. The molecule has 132 valence electrons. The number of nitrogens with two attached hydrogens (primary N) is 1. The van der Waals surface area contributed by atoms with Crippen LogP contribution in [0, 0.1) is 5.82 Å². The van der Waals surface area contributed by atoms with Gasteiger partial charge in [-0.1, -0.05) is 35.3 Å². The molecule has 2 aromatic carbocycles. The molecule has 9 heteroatoms. The molecule has 6 nitrogen and oxygen atoms in total. The lowest BCUT2D eigenvalue weighted by Gasteiger charge is -2.05. The van der Waals surface area contributed by atoms with E-state index >= 15 is 0 Å². The van der Waals surface area contributed by atoms with Gasteiger partial charge >= 0.3 is 0 Å². The van der Waals surface area contributed by atoms with Crippen LogP contribution in [0.4, 0.5) is 21.7 Å². The van der Waals surface area contributed by atoms with Crippen LogP contribution in [0.25, 0.3) is 0 Å². The van der Waals surface area contributed by atoms with Crippen molar-refractivity contribution in [3.8, 4) is 0 Å². The molecule has 0 aliphatic heterocycles. The lowest BCUT2D eigenvalue weighted by molar-refractivity contribution is 0.100. The normalized spacial score (nSPS) is 11.0. The molecular formula is C17H12Cl2FN5O. The molecule has 0 atom stereocenters. The summed E-state index contributed by atoms with van der Waals surface area (Å²) in [4.78, 5) is 15.9. The van der Waals surface area contributed by atoms with Crippen molar-refractivity contribution in [3.05, 3.63) is 69.5 Å². The Labute approximate surface area is 157 Å². The van der Waals surface area contributed by atoms with Gasteiger partial charge in [-0.15, -0.1) is 0 Å². The Morgan fingerprint density at radius 1 is 1.27 bits per heavy atom. The monoisotopic (exact) mass is 391 g/mol. The minimum absolute atomic E-state index is 0.00125. The number of halogens is 3. The third-order valence-corrected chi connectivity index (χ3v) is 3.97. The summed E-state index contributed by atoms with van der Waals surface area (Å²) in [5, 5.41) is 10.2. The molecule has 0 saturated carbocycles. The second-order valence-electron chi connectivity index (χ2n) is 5.19. The average Bonchev–Trinajstić information content (AvgIpc) is 2.97. The highest BCUT2D eigenvalue weighted by Gasteiger charge is 2.18. The van der Waals surface area contributed by atoms with Gasteiger partial charge in [0.05, 0.1) is 5.02 Å². The number of amides is 1. The predicted octanol–water partition coefficient (Wildman–Crippen LogP) is 4.45. The number of aliphatic imine (C=N–C) groups is 1. The molecule has 0 bridgehead atoms. The van der Waals surface area contributed by atoms with Gasteiger partial charge in [0.2, 0.25) is 0 Å². The molecule has 0 fully saturated rings. The minimum atomic E-state index is -0.755. The number of anilines is 2. The standard InChI is InChI=1S/C17H12Cl2FN5O/c18-9-3-1-4-10(7-9)23-17-14(15(21)26)16(24-25-17)22-8-11-12(19)5-2-6-13(11)20/h1-8H,(H2,21,26)(H2,23,24,25). The lowest BCUT2D eigenvalue weighted by atomic mass is 10.2. The molecule has 0 aliphatic carbocycles. The zero-order chi connectivity index (χ0) is 18.7. The fourth-order valence-electron chi connectivity index (χ4n) is 2.22. The van der Waals surface area contributed by atoms with Gasteiger partial charge in [-0.3, -0.25) is 9.89 Å². The molecule has 0 spiro atoms. The van der Waals surface area contributed by atoms with Crippen molar-refractivity contribution >= 4 is 52.6 Å². The van der Waals surface area contributed by atoms with Crippen molar-refractivity contribution < 1.29 is 9.18 Å². The van der Waals surface area contributed by atoms with E-state index in [4.69, 9.17) is 28.9 Å². The van der Waals surface area contributed by atoms with Gasteiger partial charge in [0, 0.05) is 22.5 Å². The number of hydrogen-bond acceptors (Lipinski definition) is 4. The highest BCUT2D eigenvalue weighted by Crippen LogP contribution is 2.27. The fourth-order valence-corrected chi connectivity index (χ4v) is 2.62. The summed E-state index contributed by atoms with van der Waals surface area (Å²) in [5.41, 5.74) is 6.16. The van der Waals surface area contributed by atoms with Gasteiger partial charge in [-0.25, -0.2) is 9.38 Å². The first-order valence-electron chi connectivity index (χ1n) is 7.34. The third-order valence-electron chi connectivity index (χ3n) is 3.40. The van der Waals surface area contributed by atoms with Crippen LogP contribution in [0.5, 0.6) is 0 Å². The number of carbonyl (C=O) groups excluding carboxylic acids is 1. The van der Waals surface area contributed by atoms with E-state index in [1.165, 1.54) is 24.4 Å². The largest absolute Gasteiger partial charge is 0.365 e. The second kappa shape index (κ2) is 7.55. The van der Waals surface area contributed by atoms with Crippen LogP contribution in [0.3, 0.4) is 0 Å². The third kappa shape index (κ3) is 3.84. The number of benzene rings is 2. The van der Waals surface area contributed by atoms with E-state index in [1.54, 1.807) is 24.3 Å². The predicted molar refractivity (Wildman–Crippen MR) is 101 cm³/mol. The summed E-state index contributed by atoms with van der Waals surface area (Å²) in [6, 6.07) is 11.1. The Kier molecular flexibility index (Phi) is 5.20. The summed E-state index contributed by atoms with van der Waals surface area (Å²) in [5.74, 6) is -1.06. The first-order valence-corrected chi connectivity index (χ1v) is 8.10. The lowest BCUT2D eigenvalue weighted by Crippen LogP contribution is -2.12. The first kappa shape index (κ1) is 17.9. The minimum Gasteiger partial charge on any atom is -0.365 e. The van der Waals surface area contributed by atoms with E-state index in [9.17, 15) is 9.18 Å². The van der Waals surface area contributed by atoms with E-state index < -0.39 is 11.7 Å². The van der Waals surface area contributed by atoms with E-state index in [0.717, 1.165) is 0 Å². The van der Waals surface area contributed by atoms with Crippen LogP contribution in [-0.4, -0.2) is 22.3 Å². The molecule has 0 aliphatic rings. The van der Waals surface area contributed by atoms with Crippen LogP contribution >= 0.6 is 23.2 Å². The average molecular weight is 392 g/mol. The number of rotatable bonds is 5. The molecule has 3 aromatic rings. The van der Waals surface area contributed by atoms with Gasteiger partial charge in [-0.05, 0) is 30.3 Å². The molecule has 4 N–H and O–H groups in total. The Morgan fingerprint density at radius 2 is 2.04 bits per heavy atom. The van der Waals surface area contributed by atoms with E-state index in [-0.39, 0.29) is 27.8 Å². The van der Waals surface area contributed by atoms with Crippen molar-refractivity contribution in [2.75, 3.05) is 5.32 Å². The number of aromatic amines is 1. The molecule has 0 saturated heterocycles. The van der Waals surface area contributed by atoms with E-state index in [1.807, 2.05) is 0 Å². The Balaban J connectivity index is 1.95. The highest BCUT2D eigenvalue weighted by atomic mass is 35.5. The summed E-state index contributed by atoms with van der Waals surface area (Å²) < 4.78 is 13.8. The molecule has 1 aromatic heterocycles. The van der Waals surface area contributed by atoms with Gasteiger partial charge in [0.15, 0.2) is 5.82 Å². The molecule has 3 rings (SSSR count). The smallest absolute Gasteiger partial charge is 0.256 e. The Bertz CT molecular complexity index is 982. The maximum atomic E-state index is 13.8. The summed E-state index contributed by atoms with van der Waals surface area (Å²) in [6.45, 7) is 0. The van der Waals surface area contributed by atoms with E-state index in [2.05, 4.69) is 20.5 Å². The highest BCUT2D eigenvalue weighted by molar-refractivity contribution is 6.33. The van der Waals surface area contributed by atoms with Gasteiger partial charge in [0.25, 0.3) is 5.91 Å². The number of carbonyl (C=O) groups is 1. The zero-order valence-corrected chi connectivity index (χ0v) is 14.6. The van der Waals surface area contributed by atoms with Crippen LogP contribution < -0.4 is 11.1 Å². The zero-order valence-electron chi connectivity index (χ0n) is 13.1. The van der Waals surface area contributed by atoms with Crippen molar-refractivity contribution in [3.63, 3.8) is 0 Å². The molecule has 1 amide bonds. The van der Waals surface area contributed by atoms with Gasteiger partial charge in [-0.2, -0.15) is 5.10 Å². The second-order valence-corrected chi connectivity index (χ2v) is 6.03. The van der Waals surface area contributed by atoms with Crippen LogP contribution in [0.1, 0.15) is 15.9 Å². The fraction of sp³-hybridized carbons (Fsp3) is 0. The van der Waals surface area contributed by atoms with Crippen molar-refractivity contribution in [2.45, 2.75) is 0 Å². The molecular weight excluding hydrogens is 380 g/mol. The van der Waals surface area contributed by atoms with Crippen LogP contribution in [0.15, 0.2) is 47.5 Å². The number of nitrogens with one attached hydrogen (secondary N) is 2. The van der Waals surface area contributed by atoms with Crippen molar-refractivity contribution in [1.29, 1.82) is 0 Å². The van der Waals surface area contributed by atoms with Gasteiger partial charge < -0.3 is 11.1 Å². The van der Waals surface area contributed by atoms with Crippen molar-refractivity contribution in [2.24, 2.45) is 10.7 Å². The molecule has 26 heavy (non-hydrogen) atoms.